The van der Waals surface area contributed by atoms with Crippen LogP contribution in [0.2, 0.25) is 0 Å². The van der Waals surface area contributed by atoms with Gasteiger partial charge in [0.1, 0.15) is 29.9 Å². The zero-order valence-corrected chi connectivity index (χ0v) is 62.8. The van der Waals surface area contributed by atoms with Gasteiger partial charge in [-0.05, 0) is 177 Å². The SMILES string of the molecule is CO[C@H]1C[C@@H](C)C/C(C)=C/[C@@H](CCCSCCC(=O)NCCN2CCN(c3ccc(-c4cc(C(=O)NCc5c(C)cc(C)[nH]c5=O)c5cnn(C(C)C)c5c4)cn3)CC2)C(=O)C[C@H](O)[C@@H](C)[C@@H](/C(C)=C/[C@@H]2CC[C@@H](O)[C@H](OC)C2)OC(=O)[C@@H]2CCCCN2C(=O)C(O)[C@]2(O)O[C@H]1[C@@H](OC)C[C@H]2C. The first-order valence-corrected chi connectivity index (χ1v) is 38.1. The Morgan fingerprint density at radius 2 is 1.58 bits per heavy atom. The second-order valence-corrected chi connectivity index (χ2v) is 31.0. The lowest BCUT2D eigenvalue weighted by molar-refractivity contribution is -0.346. The predicted octanol–water partition coefficient (Wildman–Crippen LogP) is 7.92. The molecule has 3 aromatic heterocycles. The van der Waals surface area contributed by atoms with Crippen LogP contribution < -0.4 is 21.1 Å². The summed E-state index contributed by atoms with van der Waals surface area (Å²) in [6.07, 6.45) is 5.67. The number of allylic oxidation sites excluding steroid dienone is 3. The van der Waals surface area contributed by atoms with Crippen molar-refractivity contribution in [3.05, 3.63) is 98.8 Å². The molecule has 1 unspecified atom stereocenters. The van der Waals surface area contributed by atoms with Crippen LogP contribution in [-0.4, -0.2) is 219 Å². The van der Waals surface area contributed by atoms with Crippen molar-refractivity contribution in [3.8, 4) is 11.1 Å². The molecular weight excluding hydrogens is 1320 g/mol. The van der Waals surface area contributed by atoms with Gasteiger partial charge in [-0.1, -0.05) is 38.5 Å². The van der Waals surface area contributed by atoms with Crippen LogP contribution in [0.5, 0.6) is 0 Å². The summed E-state index contributed by atoms with van der Waals surface area (Å²) >= 11 is 1.65. The van der Waals surface area contributed by atoms with E-state index in [0.717, 1.165) is 65.5 Å². The number of hydrogen-bond acceptors (Lipinski definition) is 20. The molecular formula is C77H113N9O15S. The standard InChI is InChI=1S/C77H113N9O15S/c1-45(2)86-61-40-56(39-57(59(61)44-81-86)73(92)80-43-58-48(5)35-51(8)82-74(58)93)55-19-21-68(79-42-55)84-28-26-83(27-29-84)25-23-78-69(90)22-31-102-30-15-16-54-33-46(3)32-47(4)34-66(98-11)71-67(99-12)37-50(7)77(96,101-71)72(91)75(94)85-24-14-13-17-60(85)76(95)100-70(52(9)63(88)41-64(54)89)49(6)36-53-18-20-62(87)65(38-53)97-10/h19,21,33,35-36,39-40,42,44-45,47,50,52-54,60,62-63,65-67,70-72,87-88,91,96H,13-18,20,22-32,34,37-38,41,43H2,1-12H3,(H,78,90)(H,80,92)(H,82,93)/b46-33+,49-36+/t47-,50+,52+,53-,54+,60-,62+,63-,65+,66-,67-,70+,71+,72?,77+/m0/s1. The van der Waals surface area contributed by atoms with Gasteiger partial charge in [-0.25, -0.2) is 9.78 Å². The summed E-state index contributed by atoms with van der Waals surface area (Å²) in [5, 5.41) is 58.7. The Labute approximate surface area is 605 Å². The minimum absolute atomic E-state index is 0.0295. The molecule has 3 saturated heterocycles. The van der Waals surface area contributed by atoms with Crippen molar-refractivity contribution in [1.29, 1.82) is 0 Å². The molecule has 4 aromatic rings. The number of esters is 1. The summed E-state index contributed by atoms with van der Waals surface area (Å²) in [6.45, 7) is 21.6. The maximum atomic E-state index is 14.8. The number of thioether (sulfide) groups is 1. The number of hydrogen-bond donors (Lipinski definition) is 7. The van der Waals surface area contributed by atoms with E-state index < -0.39 is 90.3 Å². The smallest absolute Gasteiger partial charge is 0.329 e. The number of cyclic esters (lactones) is 1. The molecule has 15 atom stereocenters. The summed E-state index contributed by atoms with van der Waals surface area (Å²) in [7, 11) is 4.66. The third kappa shape index (κ3) is 19.8. The van der Waals surface area contributed by atoms with Crippen molar-refractivity contribution >= 4 is 58.0 Å². The highest BCUT2D eigenvalue weighted by atomic mass is 32.2. The molecule has 24 nitrogen and oxygen atoms in total. The Morgan fingerprint density at radius 3 is 2.27 bits per heavy atom. The molecule has 4 aliphatic heterocycles. The molecule has 7 heterocycles. The van der Waals surface area contributed by atoms with Crippen LogP contribution in [0.4, 0.5) is 5.82 Å². The van der Waals surface area contributed by atoms with Crippen LogP contribution in [0.15, 0.2) is 70.8 Å². The zero-order chi connectivity index (χ0) is 73.7. The van der Waals surface area contributed by atoms with Crippen LogP contribution in [0, 0.1) is 43.4 Å². The lowest BCUT2D eigenvalue weighted by Gasteiger charge is -2.49. The van der Waals surface area contributed by atoms with Crippen LogP contribution in [0.25, 0.3) is 22.0 Å². The Balaban J connectivity index is 0.795. The number of rotatable bonds is 21. The number of methoxy groups -OCH3 is 3. The number of piperazine rings is 1. The predicted molar refractivity (Wildman–Crippen MR) is 393 cm³/mol. The molecule has 0 radical (unpaired) electrons. The average Bonchev–Trinajstić information content (AvgIpc) is 1.15. The second-order valence-electron chi connectivity index (χ2n) is 29.8. The maximum absolute atomic E-state index is 14.8. The number of ether oxygens (including phenoxy) is 5. The van der Waals surface area contributed by atoms with E-state index in [9.17, 15) is 49.2 Å². The lowest BCUT2D eigenvalue weighted by atomic mass is 9.81. The molecule has 3 amide bonds. The van der Waals surface area contributed by atoms with E-state index >= 15 is 0 Å². The third-order valence-electron chi connectivity index (χ3n) is 21.8. The molecule has 1 saturated carbocycles. The van der Waals surface area contributed by atoms with Gasteiger partial charge < -0.3 is 69.5 Å². The third-order valence-corrected chi connectivity index (χ3v) is 22.9. The molecule has 102 heavy (non-hydrogen) atoms. The monoisotopic (exact) mass is 1440 g/mol. The average molecular weight is 1440 g/mol. The van der Waals surface area contributed by atoms with Crippen molar-refractivity contribution in [3.63, 3.8) is 0 Å². The fourth-order valence-corrected chi connectivity index (χ4v) is 16.7. The molecule has 0 spiro atoms. The first-order chi connectivity index (χ1) is 48.7. The van der Waals surface area contributed by atoms with Gasteiger partial charge in [0.15, 0.2) is 6.10 Å². The Hall–Kier alpha value is -6.39. The molecule has 25 heteroatoms. The van der Waals surface area contributed by atoms with E-state index in [1.807, 2.05) is 94.9 Å². The number of nitrogens with zero attached hydrogens (tertiary/aromatic N) is 6. The van der Waals surface area contributed by atoms with E-state index in [4.69, 9.17) is 28.7 Å². The molecule has 562 valence electrons. The van der Waals surface area contributed by atoms with Gasteiger partial charge in [0.05, 0.1) is 47.8 Å². The summed E-state index contributed by atoms with van der Waals surface area (Å²) in [6, 6.07) is 8.74. The summed E-state index contributed by atoms with van der Waals surface area (Å²) in [4.78, 5) is 97.5. The number of nitrogens with one attached hydrogen (secondary N) is 3. The molecule has 9 rings (SSSR count). The highest BCUT2D eigenvalue weighted by Gasteiger charge is 2.56. The Kier molecular flexibility index (Phi) is 28.6. The van der Waals surface area contributed by atoms with E-state index in [2.05, 4.69) is 37.4 Å². The number of Topliss-reactive ketones (excluding diaryl/α,β-unsaturated/α-hetero) is 1. The summed E-state index contributed by atoms with van der Waals surface area (Å²) in [5.74, 6) is -4.53. The largest absolute Gasteiger partial charge is 0.456 e. The van der Waals surface area contributed by atoms with Crippen LogP contribution in [0.1, 0.15) is 165 Å². The topological polar surface area (TPSA) is 310 Å². The highest BCUT2D eigenvalue weighted by Crippen LogP contribution is 2.41. The number of benzene rings is 1. The maximum Gasteiger partial charge on any atom is 0.329 e. The number of aromatic amines is 1. The Morgan fingerprint density at radius 1 is 0.843 bits per heavy atom. The number of pyridine rings is 2. The summed E-state index contributed by atoms with van der Waals surface area (Å²) < 4.78 is 32.4. The van der Waals surface area contributed by atoms with Crippen molar-refractivity contribution in [2.24, 2.45) is 29.6 Å². The molecule has 2 bridgehead atoms. The fraction of sp³-hybridized carbons (Fsp3) is 0.662. The van der Waals surface area contributed by atoms with Gasteiger partial charge in [0.25, 0.3) is 17.4 Å². The number of H-pyrrole nitrogens is 1. The first kappa shape index (κ1) is 79.7. The number of aliphatic hydroxyl groups is 4. The van der Waals surface area contributed by atoms with E-state index in [1.165, 1.54) is 4.90 Å². The van der Waals surface area contributed by atoms with Gasteiger partial charge in [-0.15, -0.1) is 0 Å². The number of aromatic nitrogens is 4. The normalized spacial score (nSPS) is 30.0. The minimum atomic E-state index is -2.37. The zero-order valence-electron chi connectivity index (χ0n) is 62.0. The number of fused-ring (bicyclic) bond motifs is 4. The number of piperidine rings is 1. The molecule has 1 aromatic carbocycles. The van der Waals surface area contributed by atoms with Crippen LogP contribution in [-0.2, 0) is 49.4 Å². The number of ketones is 1. The van der Waals surface area contributed by atoms with Crippen LogP contribution >= 0.6 is 11.8 Å². The van der Waals surface area contributed by atoms with E-state index in [-0.39, 0.29) is 73.4 Å². The lowest BCUT2D eigenvalue weighted by Crippen LogP contribution is -2.66. The molecule has 7 N–H and O–H groups in total. The number of amides is 3. The van der Waals surface area contributed by atoms with Gasteiger partial charge in [-0.2, -0.15) is 16.9 Å². The summed E-state index contributed by atoms with van der Waals surface area (Å²) in [5.41, 5.74) is 6.40. The van der Waals surface area contributed by atoms with Crippen molar-refractivity contribution < 1.29 is 68.1 Å². The first-order valence-electron chi connectivity index (χ1n) is 36.9. The molecule has 5 aliphatic rings. The second kappa shape index (κ2) is 36.5. The quantitative estimate of drug-likeness (QED) is 0.0237. The van der Waals surface area contributed by atoms with E-state index in [0.29, 0.717) is 111 Å². The van der Waals surface area contributed by atoms with Crippen molar-refractivity contribution in [2.45, 2.75) is 219 Å². The Bertz CT molecular complexity index is 3630. The van der Waals surface area contributed by atoms with E-state index in [1.54, 1.807) is 53.1 Å². The molecule has 1 aliphatic carbocycles. The number of aliphatic hydroxyl groups excluding tert-OH is 3. The van der Waals surface area contributed by atoms with Gasteiger partial charge in [-0.3, -0.25) is 33.6 Å². The van der Waals surface area contributed by atoms with Gasteiger partial charge >= 0.3 is 5.97 Å². The number of carbonyl (C=O) groups is 5. The van der Waals surface area contributed by atoms with Crippen LogP contribution in [0.3, 0.4) is 0 Å². The number of carbonyl (C=O) groups excluding carboxylic acids is 5. The van der Waals surface area contributed by atoms with Gasteiger partial charge in [0.2, 0.25) is 11.7 Å². The highest BCUT2D eigenvalue weighted by molar-refractivity contribution is 7.99. The fourth-order valence-electron chi connectivity index (χ4n) is 15.8. The molecule has 4 fully saturated rings. The number of aryl methyl sites for hydroxylation is 2. The van der Waals surface area contributed by atoms with Crippen molar-refractivity contribution in [2.75, 3.05) is 83.5 Å². The minimum Gasteiger partial charge on any atom is -0.456 e. The van der Waals surface area contributed by atoms with Gasteiger partial charge in [0, 0.05) is 144 Å². The van der Waals surface area contributed by atoms with Crippen molar-refractivity contribution in [1.82, 2.24) is 40.2 Å². The number of anilines is 1.